The molecular formula is C20H27N5O2. The maximum absolute atomic E-state index is 12.2. The first-order valence-corrected chi connectivity index (χ1v) is 9.46. The lowest BCUT2D eigenvalue weighted by Crippen LogP contribution is -2.47. The van der Waals surface area contributed by atoms with E-state index in [1.165, 1.54) is 5.69 Å². The zero-order valence-electron chi connectivity index (χ0n) is 16.0. The number of hydrogen-bond acceptors (Lipinski definition) is 6. The molecule has 1 fully saturated rings. The molecule has 27 heavy (non-hydrogen) atoms. The SMILES string of the molecule is CCCCNC(=O)c1ccnc(N2CCN(c3ccc(OC)cc3)CC2)n1. The molecule has 0 aliphatic carbocycles. The van der Waals surface area contributed by atoms with Crippen LogP contribution in [0.2, 0.25) is 0 Å². The number of amides is 1. The zero-order chi connectivity index (χ0) is 19.1. The first-order chi connectivity index (χ1) is 13.2. The summed E-state index contributed by atoms with van der Waals surface area (Å²) < 4.78 is 5.22. The van der Waals surface area contributed by atoms with Crippen molar-refractivity contribution in [2.75, 3.05) is 49.6 Å². The van der Waals surface area contributed by atoms with E-state index in [2.05, 4.69) is 44.1 Å². The van der Waals surface area contributed by atoms with Gasteiger partial charge in [0.2, 0.25) is 5.95 Å². The Bertz CT molecular complexity index is 742. The van der Waals surface area contributed by atoms with E-state index in [1.807, 2.05) is 12.1 Å². The summed E-state index contributed by atoms with van der Waals surface area (Å²) in [5.74, 6) is 1.34. The molecule has 2 aromatic rings. The van der Waals surface area contributed by atoms with Gasteiger partial charge in [-0.15, -0.1) is 0 Å². The molecule has 1 aromatic carbocycles. The number of nitrogens with one attached hydrogen (secondary N) is 1. The highest BCUT2D eigenvalue weighted by Crippen LogP contribution is 2.21. The maximum Gasteiger partial charge on any atom is 0.270 e. The molecule has 0 radical (unpaired) electrons. The fourth-order valence-electron chi connectivity index (χ4n) is 3.05. The van der Waals surface area contributed by atoms with E-state index < -0.39 is 0 Å². The van der Waals surface area contributed by atoms with Crippen molar-refractivity contribution in [3.63, 3.8) is 0 Å². The number of ether oxygens (including phenoxy) is 1. The van der Waals surface area contributed by atoms with E-state index in [-0.39, 0.29) is 5.91 Å². The summed E-state index contributed by atoms with van der Waals surface area (Å²) in [6.07, 6.45) is 3.68. The Morgan fingerprint density at radius 2 is 1.81 bits per heavy atom. The van der Waals surface area contributed by atoms with Crippen molar-refractivity contribution in [3.8, 4) is 5.75 Å². The third-order valence-corrected chi connectivity index (χ3v) is 4.69. The van der Waals surface area contributed by atoms with E-state index in [1.54, 1.807) is 19.4 Å². The Labute approximate surface area is 160 Å². The predicted molar refractivity (Wildman–Crippen MR) is 107 cm³/mol. The zero-order valence-corrected chi connectivity index (χ0v) is 16.0. The quantitative estimate of drug-likeness (QED) is 0.756. The molecule has 0 unspecified atom stereocenters. The lowest BCUT2D eigenvalue weighted by Gasteiger charge is -2.36. The Kier molecular flexibility index (Phi) is 6.46. The molecule has 1 aliphatic rings. The van der Waals surface area contributed by atoms with E-state index in [4.69, 9.17) is 4.74 Å². The number of piperazine rings is 1. The van der Waals surface area contributed by atoms with Crippen molar-refractivity contribution in [1.29, 1.82) is 0 Å². The van der Waals surface area contributed by atoms with Crippen LogP contribution in [0, 0.1) is 0 Å². The molecule has 0 atom stereocenters. The first kappa shape index (κ1) is 18.9. The second-order valence-electron chi connectivity index (χ2n) is 6.52. The second kappa shape index (κ2) is 9.21. The topological polar surface area (TPSA) is 70.6 Å². The number of rotatable bonds is 7. The van der Waals surface area contributed by atoms with Crippen LogP contribution in [-0.4, -0.2) is 55.7 Å². The van der Waals surface area contributed by atoms with Gasteiger partial charge < -0.3 is 19.9 Å². The molecule has 0 bridgehead atoms. The van der Waals surface area contributed by atoms with Crippen LogP contribution in [0.4, 0.5) is 11.6 Å². The molecule has 144 valence electrons. The summed E-state index contributed by atoms with van der Waals surface area (Å²) in [6.45, 7) is 6.15. The smallest absolute Gasteiger partial charge is 0.270 e. The van der Waals surface area contributed by atoms with Gasteiger partial charge in [-0.05, 0) is 36.8 Å². The van der Waals surface area contributed by atoms with Gasteiger partial charge in [-0.1, -0.05) is 13.3 Å². The molecule has 0 saturated carbocycles. The second-order valence-corrected chi connectivity index (χ2v) is 6.52. The molecule has 2 heterocycles. The van der Waals surface area contributed by atoms with Crippen LogP contribution >= 0.6 is 0 Å². The number of hydrogen-bond donors (Lipinski definition) is 1. The highest BCUT2D eigenvalue weighted by atomic mass is 16.5. The van der Waals surface area contributed by atoms with Crippen molar-refractivity contribution >= 4 is 17.5 Å². The lowest BCUT2D eigenvalue weighted by molar-refractivity contribution is 0.0948. The van der Waals surface area contributed by atoms with Crippen molar-refractivity contribution in [1.82, 2.24) is 15.3 Å². The van der Waals surface area contributed by atoms with Crippen molar-refractivity contribution in [2.24, 2.45) is 0 Å². The fraction of sp³-hybridized carbons (Fsp3) is 0.450. The molecule has 1 saturated heterocycles. The molecule has 1 amide bonds. The highest BCUT2D eigenvalue weighted by molar-refractivity contribution is 5.92. The summed E-state index contributed by atoms with van der Waals surface area (Å²) in [4.78, 5) is 25.5. The van der Waals surface area contributed by atoms with Crippen LogP contribution in [0.5, 0.6) is 5.75 Å². The van der Waals surface area contributed by atoms with Gasteiger partial charge in [0.1, 0.15) is 11.4 Å². The van der Waals surface area contributed by atoms with Crippen LogP contribution in [0.3, 0.4) is 0 Å². The molecule has 1 N–H and O–H groups in total. The summed E-state index contributed by atoms with van der Waals surface area (Å²) in [6, 6.07) is 9.77. The van der Waals surface area contributed by atoms with Crippen molar-refractivity contribution in [2.45, 2.75) is 19.8 Å². The monoisotopic (exact) mass is 369 g/mol. The Hall–Kier alpha value is -2.83. The standard InChI is InChI=1S/C20H27N5O2/c1-3-4-10-21-19(26)18-9-11-22-20(23-18)25-14-12-24(13-15-25)16-5-7-17(27-2)8-6-16/h5-9,11H,3-4,10,12-15H2,1-2H3,(H,21,26). The summed E-state index contributed by atoms with van der Waals surface area (Å²) >= 11 is 0. The van der Waals surface area contributed by atoms with Crippen LogP contribution in [0.25, 0.3) is 0 Å². The van der Waals surface area contributed by atoms with Crippen LogP contribution in [0.15, 0.2) is 36.5 Å². The van der Waals surface area contributed by atoms with Crippen molar-refractivity contribution < 1.29 is 9.53 Å². The van der Waals surface area contributed by atoms with Crippen LogP contribution in [0.1, 0.15) is 30.3 Å². The van der Waals surface area contributed by atoms with E-state index in [0.717, 1.165) is 44.8 Å². The average molecular weight is 369 g/mol. The normalized spacial score (nSPS) is 14.1. The maximum atomic E-state index is 12.2. The summed E-state index contributed by atoms with van der Waals surface area (Å²) in [7, 11) is 1.67. The Balaban J connectivity index is 1.58. The summed E-state index contributed by atoms with van der Waals surface area (Å²) in [5.41, 5.74) is 1.61. The summed E-state index contributed by atoms with van der Waals surface area (Å²) in [5, 5.41) is 2.90. The van der Waals surface area contributed by atoms with Crippen LogP contribution < -0.4 is 19.9 Å². The number of unbranched alkanes of at least 4 members (excludes halogenated alkanes) is 1. The van der Waals surface area contributed by atoms with Crippen molar-refractivity contribution in [3.05, 3.63) is 42.2 Å². The minimum Gasteiger partial charge on any atom is -0.497 e. The van der Waals surface area contributed by atoms with E-state index in [9.17, 15) is 4.79 Å². The van der Waals surface area contributed by atoms with Crippen LogP contribution in [-0.2, 0) is 0 Å². The highest BCUT2D eigenvalue weighted by Gasteiger charge is 2.20. The number of carbonyl (C=O) groups is 1. The number of carbonyl (C=O) groups excluding carboxylic acids is 1. The number of nitrogens with zero attached hydrogens (tertiary/aromatic N) is 4. The van der Waals surface area contributed by atoms with Gasteiger partial charge in [-0.3, -0.25) is 4.79 Å². The Morgan fingerprint density at radius 3 is 2.48 bits per heavy atom. The third kappa shape index (κ3) is 4.87. The third-order valence-electron chi connectivity index (χ3n) is 4.69. The number of benzene rings is 1. The molecule has 3 rings (SSSR count). The van der Waals surface area contributed by atoms with Gasteiger partial charge in [0, 0.05) is 44.6 Å². The molecule has 7 heteroatoms. The molecule has 1 aliphatic heterocycles. The fourth-order valence-corrected chi connectivity index (χ4v) is 3.05. The molecular weight excluding hydrogens is 342 g/mol. The number of methoxy groups -OCH3 is 1. The van der Waals surface area contributed by atoms with Gasteiger partial charge >= 0.3 is 0 Å². The molecule has 0 spiro atoms. The molecule has 1 aromatic heterocycles. The molecule has 7 nitrogen and oxygen atoms in total. The van der Waals surface area contributed by atoms with Gasteiger partial charge in [0.25, 0.3) is 5.91 Å². The number of anilines is 2. The largest absolute Gasteiger partial charge is 0.497 e. The van der Waals surface area contributed by atoms with Gasteiger partial charge in [-0.2, -0.15) is 0 Å². The van der Waals surface area contributed by atoms with E-state index >= 15 is 0 Å². The number of aromatic nitrogens is 2. The van der Waals surface area contributed by atoms with Gasteiger partial charge in [0.05, 0.1) is 7.11 Å². The minimum absolute atomic E-state index is 0.135. The minimum atomic E-state index is -0.135. The van der Waals surface area contributed by atoms with Gasteiger partial charge in [0.15, 0.2) is 0 Å². The van der Waals surface area contributed by atoms with E-state index in [0.29, 0.717) is 18.2 Å². The lowest BCUT2D eigenvalue weighted by atomic mass is 10.2. The predicted octanol–water partition coefficient (Wildman–Crippen LogP) is 2.34. The Morgan fingerprint density at radius 1 is 1.11 bits per heavy atom. The first-order valence-electron chi connectivity index (χ1n) is 9.46. The van der Waals surface area contributed by atoms with Gasteiger partial charge in [-0.25, -0.2) is 9.97 Å². The average Bonchev–Trinajstić information content (AvgIpc) is 2.74.